The topological polar surface area (TPSA) is 67.2 Å². The van der Waals surface area contributed by atoms with E-state index >= 15 is 0 Å². The molecule has 1 aromatic heterocycles. The summed E-state index contributed by atoms with van der Waals surface area (Å²) in [4.78, 5) is 17.4. The molecular formula is C24H26F3N3O2. The van der Waals surface area contributed by atoms with Crippen LogP contribution in [0, 0.1) is 0 Å². The van der Waals surface area contributed by atoms with Gasteiger partial charge in [0.2, 0.25) is 11.9 Å². The molecule has 3 aromatic rings. The molecule has 8 heteroatoms. The number of benzene rings is 2. The zero-order valence-corrected chi connectivity index (χ0v) is 18.0. The zero-order valence-electron chi connectivity index (χ0n) is 18.0. The average molecular weight is 445 g/mol. The summed E-state index contributed by atoms with van der Waals surface area (Å²) in [6, 6.07) is 12.4. The Bertz CT molecular complexity index is 1140. The molecular weight excluding hydrogens is 419 g/mol. The number of alkyl halides is 3. The van der Waals surface area contributed by atoms with Crippen LogP contribution in [-0.4, -0.2) is 20.6 Å². The van der Waals surface area contributed by atoms with Gasteiger partial charge < -0.3 is 9.67 Å². The number of rotatable bonds is 6. The van der Waals surface area contributed by atoms with Crippen LogP contribution in [0.3, 0.4) is 0 Å². The number of halogens is 3. The molecule has 2 aromatic carbocycles. The Morgan fingerprint density at radius 2 is 1.84 bits per heavy atom. The Kier molecular flexibility index (Phi) is 5.53. The van der Waals surface area contributed by atoms with Crippen LogP contribution in [0.1, 0.15) is 57.1 Å². The highest BCUT2D eigenvalue weighted by atomic mass is 19.4. The molecule has 0 radical (unpaired) electrons. The van der Waals surface area contributed by atoms with E-state index in [0.717, 1.165) is 31.4 Å². The van der Waals surface area contributed by atoms with Gasteiger partial charge in [-0.1, -0.05) is 37.3 Å². The lowest BCUT2D eigenvalue weighted by molar-refractivity contribution is -0.137. The number of aliphatic hydroxyl groups is 1. The molecule has 1 amide bonds. The second-order valence-electron chi connectivity index (χ2n) is 8.80. The number of fused-ring (bicyclic) bond motifs is 1. The second-order valence-corrected chi connectivity index (χ2v) is 8.80. The summed E-state index contributed by atoms with van der Waals surface area (Å²) < 4.78 is 41.7. The molecule has 170 valence electrons. The van der Waals surface area contributed by atoms with Crippen molar-refractivity contribution < 1.29 is 23.1 Å². The lowest BCUT2D eigenvalue weighted by atomic mass is 9.78. The minimum atomic E-state index is -4.47. The van der Waals surface area contributed by atoms with Crippen LogP contribution in [0.25, 0.3) is 11.0 Å². The summed E-state index contributed by atoms with van der Waals surface area (Å²) in [5, 5.41) is 13.8. The van der Waals surface area contributed by atoms with Crippen molar-refractivity contribution in [1.82, 2.24) is 9.55 Å². The Balaban J connectivity index is 1.69. The standard InChI is InChI=1S/C24H26F3N3O2/c1-3-23(32,16-8-5-4-6-9-16)15-20(31)29-21-28-18-11-10-17(24(25,26)27)14-19(18)30(21)22(2)12-7-13-22/h4-6,8-11,14,32H,3,7,12-13,15H2,1-2H3,(H,28,29,31). The summed E-state index contributed by atoms with van der Waals surface area (Å²) in [5.74, 6) is -0.244. The van der Waals surface area contributed by atoms with E-state index in [4.69, 9.17) is 0 Å². The predicted octanol–water partition coefficient (Wildman–Crippen LogP) is 5.58. The van der Waals surface area contributed by atoms with Gasteiger partial charge in [0.15, 0.2) is 0 Å². The van der Waals surface area contributed by atoms with Crippen molar-refractivity contribution in [2.75, 3.05) is 5.32 Å². The lowest BCUT2D eigenvalue weighted by Crippen LogP contribution is -2.39. The molecule has 1 aliphatic carbocycles. The van der Waals surface area contributed by atoms with E-state index in [1.807, 2.05) is 13.0 Å². The first-order valence-electron chi connectivity index (χ1n) is 10.7. The summed E-state index contributed by atoms with van der Waals surface area (Å²) in [5.41, 5.74) is -1.18. The van der Waals surface area contributed by atoms with Crippen LogP contribution < -0.4 is 5.32 Å². The van der Waals surface area contributed by atoms with Crippen molar-refractivity contribution in [3.63, 3.8) is 0 Å². The van der Waals surface area contributed by atoms with Gasteiger partial charge in [0, 0.05) is 5.54 Å². The van der Waals surface area contributed by atoms with E-state index in [2.05, 4.69) is 10.3 Å². The normalized spacial score (nSPS) is 17.6. The number of amides is 1. The van der Waals surface area contributed by atoms with Crippen LogP contribution in [0.15, 0.2) is 48.5 Å². The molecule has 0 aliphatic heterocycles. The van der Waals surface area contributed by atoms with Gasteiger partial charge in [0.25, 0.3) is 0 Å². The molecule has 5 nitrogen and oxygen atoms in total. The predicted molar refractivity (Wildman–Crippen MR) is 116 cm³/mol. The fourth-order valence-corrected chi connectivity index (χ4v) is 4.41. The number of nitrogens with zero attached hydrogens (tertiary/aromatic N) is 2. The van der Waals surface area contributed by atoms with E-state index in [1.165, 1.54) is 6.07 Å². The van der Waals surface area contributed by atoms with E-state index in [1.54, 1.807) is 35.8 Å². The third kappa shape index (κ3) is 3.99. The molecule has 1 atom stereocenters. The first kappa shape index (κ1) is 22.3. The van der Waals surface area contributed by atoms with Gasteiger partial charge in [-0.25, -0.2) is 4.98 Å². The highest BCUT2D eigenvalue weighted by molar-refractivity contribution is 5.92. The highest BCUT2D eigenvalue weighted by Gasteiger charge is 2.39. The average Bonchev–Trinajstić information content (AvgIpc) is 3.09. The minimum absolute atomic E-state index is 0.193. The number of carbonyl (C=O) groups excluding carboxylic acids is 1. The lowest BCUT2D eigenvalue weighted by Gasteiger charge is -2.41. The van der Waals surface area contributed by atoms with E-state index in [9.17, 15) is 23.1 Å². The number of hydrogen-bond acceptors (Lipinski definition) is 3. The number of imidazole rings is 1. The number of hydrogen-bond donors (Lipinski definition) is 2. The summed E-state index contributed by atoms with van der Waals surface area (Å²) in [6.45, 7) is 3.75. The molecule has 1 fully saturated rings. The van der Waals surface area contributed by atoms with Gasteiger partial charge in [0.05, 0.1) is 28.6 Å². The first-order valence-corrected chi connectivity index (χ1v) is 10.7. The monoisotopic (exact) mass is 445 g/mol. The van der Waals surface area contributed by atoms with Gasteiger partial charge in [0.1, 0.15) is 0 Å². The number of nitrogens with one attached hydrogen (secondary N) is 1. The number of carbonyl (C=O) groups is 1. The Morgan fingerprint density at radius 1 is 1.16 bits per heavy atom. The SMILES string of the molecule is CCC(O)(CC(=O)Nc1nc2ccc(C(F)(F)F)cc2n1C1(C)CCC1)c1ccccc1. The van der Waals surface area contributed by atoms with Gasteiger partial charge in [-0.05, 0) is 56.4 Å². The van der Waals surface area contributed by atoms with Crippen LogP contribution in [0.4, 0.5) is 19.1 Å². The summed E-state index contributed by atoms with van der Waals surface area (Å²) >= 11 is 0. The largest absolute Gasteiger partial charge is 0.416 e. The van der Waals surface area contributed by atoms with Crippen LogP contribution in [0.2, 0.25) is 0 Å². The fraction of sp³-hybridized carbons (Fsp3) is 0.417. The van der Waals surface area contributed by atoms with Crippen molar-refractivity contribution in [2.45, 2.75) is 63.3 Å². The third-order valence-electron chi connectivity index (χ3n) is 6.55. The summed E-state index contributed by atoms with van der Waals surface area (Å²) in [6.07, 6.45) is -1.83. The molecule has 32 heavy (non-hydrogen) atoms. The van der Waals surface area contributed by atoms with E-state index < -0.39 is 28.8 Å². The Morgan fingerprint density at radius 3 is 2.41 bits per heavy atom. The molecule has 1 heterocycles. The van der Waals surface area contributed by atoms with Crippen molar-refractivity contribution in [2.24, 2.45) is 0 Å². The molecule has 0 spiro atoms. The van der Waals surface area contributed by atoms with Gasteiger partial charge in [-0.2, -0.15) is 13.2 Å². The molecule has 1 aliphatic rings. The number of aromatic nitrogens is 2. The third-order valence-corrected chi connectivity index (χ3v) is 6.55. The molecule has 2 N–H and O–H groups in total. The van der Waals surface area contributed by atoms with Crippen LogP contribution >= 0.6 is 0 Å². The van der Waals surface area contributed by atoms with Crippen LogP contribution in [0.5, 0.6) is 0 Å². The van der Waals surface area contributed by atoms with Gasteiger partial charge in [-0.15, -0.1) is 0 Å². The molecule has 1 saturated carbocycles. The maximum absolute atomic E-state index is 13.3. The first-order chi connectivity index (χ1) is 15.1. The minimum Gasteiger partial charge on any atom is -0.385 e. The highest BCUT2D eigenvalue weighted by Crippen LogP contribution is 2.44. The maximum atomic E-state index is 13.3. The van der Waals surface area contributed by atoms with E-state index in [-0.39, 0.29) is 12.4 Å². The van der Waals surface area contributed by atoms with Gasteiger partial charge >= 0.3 is 6.18 Å². The van der Waals surface area contributed by atoms with Gasteiger partial charge in [-0.3, -0.25) is 10.1 Å². The second kappa shape index (κ2) is 7.92. The molecule has 4 rings (SSSR count). The van der Waals surface area contributed by atoms with Crippen molar-refractivity contribution in [3.8, 4) is 0 Å². The maximum Gasteiger partial charge on any atom is 0.416 e. The fourth-order valence-electron chi connectivity index (χ4n) is 4.41. The number of anilines is 1. The quantitative estimate of drug-likeness (QED) is 0.521. The zero-order chi connectivity index (χ0) is 23.1. The molecule has 0 bridgehead atoms. The summed E-state index contributed by atoms with van der Waals surface area (Å²) in [7, 11) is 0. The Hall–Kier alpha value is -2.87. The molecule has 0 saturated heterocycles. The smallest absolute Gasteiger partial charge is 0.385 e. The van der Waals surface area contributed by atoms with Crippen molar-refractivity contribution >= 4 is 22.9 Å². The van der Waals surface area contributed by atoms with E-state index in [0.29, 0.717) is 23.0 Å². The Labute approximate surface area is 184 Å². The van der Waals surface area contributed by atoms with Crippen molar-refractivity contribution in [1.29, 1.82) is 0 Å². The molecule has 1 unspecified atom stereocenters. The van der Waals surface area contributed by atoms with Crippen LogP contribution in [-0.2, 0) is 22.1 Å². The van der Waals surface area contributed by atoms with Crippen molar-refractivity contribution in [3.05, 3.63) is 59.7 Å².